The third-order valence-corrected chi connectivity index (χ3v) is 2.83. The van der Waals surface area contributed by atoms with E-state index < -0.39 is 5.97 Å². The lowest BCUT2D eigenvalue weighted by molar-refractivity contribution is 0.0685. The molecule has 0 aromatic carbocycles. The number of nitrogens with zero attached hydrogens (tertiary/aromatic N) is 1. The van der Waals surface area contributed by atoms with Gasteiger partial charge in [-0.05, 0) is 11.4 Å². The molecule has 2 N–H and O–H groups in total. The second-order valence-electron chi connectivity index (χ2n) is 3.17. The van der Waals surface area contributed by atoms with Crippen molar-refractivity contribution >= 4 is 17.3 Å². The molecule has 0 saturated heterocycles. The minimum absolute atomic E-state index is 0.0621. The van der Waals surface area contributed by atoms with Gasteiger partial charge in [-0.2, -0.15) is 0 Å². The van der Waals surface area contributed by atoms with Gasteiger partial charge in [0.25, 0.3) is 0 Å². The van der Waals surface area contributed by atoms with Gasteiger partial charge in [-0.25, -0.2) is 4.79 Å². The summed E-state index contributed by atoms with van der Waals surface area (Å²) >= 11 is 1.67. The van der Waals surface area contributed by atoms with Crippen LogP contribution < -0.4 is 5.32 Å². The van der Waals surface area contributed by atoms with Gasteiger partial charge in [0.05, 0.1) is 6.54 Å². The first kappa shape index (κ1) is 10.8. The number of rotatable bonds is 5. The molecule has 0 spiro atoms. The van der Waals surface area contributed by atoms with Crippen LogP contribution in [0.4, 0.5) is 0 Å². The second-order valence-corrected chi connectivity index (χ2v) is 4.20. The van der Waals surface area contributed by atoms with Crippen LogP contribution in [0.3, 0.4) is 0 Å². The lowest BCUT2D eigenvalue weighted by Crippen LogP contribution is -2.11. The molecule has 0 aliphatic heterocycles. The zero-order chi connectivity index (χ0) is 11.4. The van der Waals surface area contributed by atoms with E-state index in [-0.39, 0.29) is 5.69 Å². The molecule has 0 fully saturated rings. The molecule has 0 amide bonds. The molecular weight excluding hydrogens is 228 g/mol. The zero-order valence-corrected chi connectivity index (χ0v) is 9.16. The molecule has 2 aromatic heterocycles. The molecule has 84 valence electrons. The molecule has 0 unspecified atom stereocenters. The van der Waals surface area contributed by atoms with E-state index in [1.165, 1.54) is 10.9 Å². The third kappa shape index (κ3) is 2.68. The summed E-state index contributed by atoms with van der Waals surface area (Å²) in [6.45, 7) is 1.21. The van der Waals surface area contributed by atoms with Crippen LogP contribution in [-0.4, -0.2) is 16.2 Å². The van der Waals surface area contributed by atoms with Gasteiger partial charge in [-0.15, -0.1) is 11.3 Å². The Morgan fingerprint density at radius 3 is 3.06 bits per heavy atom. The highest BCUT2D eigenvalue weighted by Gasteiger charge is 2.09. The third-order valence-electron chi connectivity index (χ3n) is 1.96. The molecule has 0 bridgehead atoms. The molecule has 0 radical (unpaired) electrons. The van der Waals surface area contributed by atoms with Crippen LogP contribution >= 0.6 is 11.3 Å². The molecule has 16 heavy (non-hydrogen) atoms. The highest BCUT2D eigenvalue weighted by atomic mass is 32.1. The van der Waals surface area contributed by atoms with Gasteiger partial charge >= 0.3 is 5.97 Å². The Kier molecular flexibility index (Phi) is 3.33. The van der Waals surface area contributed by atoms with E-state index in [0.29, 0.717) is 12.3 Å². The summed E-state index contributed by atoms with van der Waals surface area (Å²) < 4.78 is 4.86. The highest BCUT2D eigenvalue weighted by molar-refractivity contribution is 7.09. The van der Waals surface area contributed by atoms with Crippen LogP contribution in [0.25, 0.3) is 0 Å². The number of carboxylic acid groups (broad SMARTS) is 1. The summed E-state index contributed by atoms with van der Waals surface area (Å²) in [5, 5.41) is 17.2. The molecule has 5 nitrogen and oxygen atoms in total. The largest absolute Gasteiger partial charge is 0.476 e. The average Bonchev–Trinajstić information content (AvgIpc) is 2.87. The van der Waals surface area contributed by atoms with Crippen molar-refractivity contribution in [1.29, 1.82) is 0 Å². The smallest absolute Gasteiger partial charge is 0.358 e. The fraction of sp³-hybridized carbons (Fsp3) is 0.200. The van der Waals surface area contributed by atoms with Gasteiger partial charge in [0.15, 0.2) is 11.5 Å². The van der Waals surface area contributed by atoms with Gasteiger partial charge in [0, 0.05) is 17.5 Å². The van der Waals surface area contributed by atoms with Gasteiger partial charge in [-0.1, -0.05) is 11.2 Å². The fourth-order valence-corrected chi connectivity index (χ4v) is 1.89. The van der Waals surface area contributed by atoms with E-state index in [1.807, 2.05) is 17.5 Å². The number of thiophene rings is 1. The zero-order valence-electron chi connectivity index (χ0n) is 8.34. The molecule has 0 saturated carbocycles. The van der Waals surface area contributed by atoms with Gasteiger partial charge in [-0.3, -0.25) is 0 Å². The number of carboxylic acids is 1. The van der Waals surface area contributed by atoms with Crippen molar-refractivity contribution in [2.75, 3.05) is 0 Å². The summed E-state index contributed by atoms with van der Waals surface area (Å²) in [6, 6.07) is 5.43. The summed E-state index contributed by atoms with van der Waals surface area (Å²) in [6.07, 6.45) is 0. The highest BCUT2D eigenvalue weighted by Crippen LogP contribution is 2.08. The number of hydrogen-bond donors (Lipinski definition) is 2. The standard InChI is InChI=1S/C10H10N2O3S/c13-10(14)9-4-7(15-12-9)5-11-6-8-2-1-3-16-8/h1-4,11H,5-6H2,(H,13,14). The topological polar surface area (TPSA) is 75.4 Å². The van der Waals surface area contributed by atoms with E-state index in [4.69, 9.17) is 9.63 Å². The Bertz CT molecular complexity index is 464. The maximum atomic E-state index is 10.5. The van der Waals surface area contributed by atoms with Gasteiger partial charge in [0.2, 0.25) is 0 Å². The average molecular weight is 238 g/mol. The van der Waals surface area contributed by atoms with Crippen molar-refractivity contribution < 1.29 is 14.4 Å². The van der Waals surface area contributed by atoms with Crippen molar-refractivity contribution in [3.63, 3.8) is 0 Å². The summed E-state index contributed by atoms with van der Waals surface area (Å²) in [7, 11) is 0. The van der Waals surface area contributed by atoms with Gasteiger partial charge < -0.3 is 14.9 Å². The molecule has 6 heteroatoms. The molecule has 2 rings (SSSR count). The number of aromatic nitrogens is 1. The van der Waals surface area contributed by atoms with E-state index >= 15 is 0 Å². The Hall–Kier alpha value is -1.66. The molecule has 2 aromatic rings. The Morgan fingerprint density at radius 1 is 1.56 bits per heavy atom. The second kappa shape index (κ2) is 4.91. The first-order valence-electron chi connectivity index (χ1n) is 4.67. The van der Waals surface area contributed by atoms with Crippen molar-refractivity contribution in [2.24, 2.45) is 0 Å². The Labute approximate surface area is 95.7 Å². The fourth-order valence-electron chi connectivity index (χ4n) is 1.22. The maximum absolute atomic E-state index is 10.5. The van der Waals surface area contributed by atoms with E-state index in [2.05, 4.69) is 10.5 Å². The first-order valence-corrected chi connectivity index (χ1v) is 5.55. The van der Waals surface area contributed by atoms with Crippen LogP contribution in [0.15, 0.2) is 28.1 Å². The Balaban J connectivity index is 1.83. The van der Waals surface area contributed by atoms with Crippen LogP contribution in [0.2, 0.25) is 0 Å². The van der Waals surface area contributed by atoms with E-state index in [9.17, 15) is 4.79 Å². The molecule has 0 aliphatic carbocycles. The predicted octanol–water partition coefficient (Wildman–Crippen LogP) is 1.72. The van der Waals surface area contributed by atoms with E-state index in [0.717, 1.165) is 6.54 Å². The van der Waals surface area contributed by atoms with Crippen molar-refractivity contribution in [2.45, 2.75) is 13.1 Å². The van der Waals surface area contributed by atoms with Crippen LogP contribution in [0.5, 0.6) is 0 Å². The minimum Gasteiger partial charge on any atom is -0.476 e. The lowest BCUT2D eigenvalue weighted by atomic mass is 10.3. The number of carbonyl (C=O) groups is 1. The van der Waals surface area contributed by atoms with Crippen LogP contribution in [0, 0.1) is 0 Å². The van der Waals surface area contributed by atoms with Crippen molar-refractivity contribution in [3.8, 4) is 0 Å². The van der Waals surface area contributed by atoms with Crippen LogP contribution in [0.1, 0.15) is 21.1 Å². The SMILES string of the molecule is O=C(O)c1cc(CNCc2cccs2)on1. The number of nitrogens with one attached hydrogen (secondary N) is 1. The summed E-state index contributed by atoms with van der Waals surface area (Å²) in [4.78, 5) is 11.8. The maximum Gasteiger partial charge on any atom is 0.358 e. The normalized spacial score (nSPS) is 10.5. The van der Waals surface area contributed by atoms with Crippen molar-refractivity contribution in [1.82, 2.24) is 10.5 Å². The molecule has 2 heterocycles. The van der Waals surface area contributed by atoms with E-state index in [1.54, 1.807) is 11.3 Å². The predicted molar refractivity (Wildman–Crippen MR) is 58.3 cm³/mol. The van der Waals surface area contributed by atoms with Gasteiger partial charge in [0.1, 0.15) is 0 Å². The molecular formula is C10H10N2O3S. The monoisotopic (exact) mass is 238 g/mol. The summed E-state index contributed by atoms with van der Waals surface area (Å²) in [5.74, 6) is -0.554. The lowest BCUT2D eigenvalue weighted by Gasteiger charge is -1.98. The number of hydrogen-bond acceptors (Lipinski definition) is 5. The van der Waals surface area contributed by atoms with Crippen LogP contribution in [-0.2, 0) is 13.1 Å². The minimum atomic E-state index is -1.08. The van der Waals surface area contributed by atoms with Crippen molar-refractivity contribution in [3.05, 3.63) is 39.9 Å². The molecule has 0 aliphatic rings. The number of aromatic carboxylic acids is 1. The molecule has 0 atom stereocenters. The first-order chi connectivity index (χ1) is 7.75. The Morgan fingerprint density at radius 2 is 2.44 bits per heavy atom. The summed E-state index contributed by atoms with van der Waals surface area (Å²) in [5.41, 5.74) is -0.0621. The quantitative estimate of drug-likeness (QED) is 0.829.